The van der Waals surface area contributed by atoms with E-state index in [-0.39, 0.29) is 11.8 Å². The van der Waals surface area contributed by atoms with Crippen LogP contribution in [0.5, 0.6) is 0 Å². The molecule has 0 aliphatic heterocycles. The number of nitrogens with zero attached hydrogens (tertiary/aromatic N) is 2. The summed E-state index contributed by atoms with van der Waals surface area (Å²) in [5, 5.41) is 4.02. The lowest BCUT2D eigenvalue weighted by Crippen LogP contribution is -2.22. The van der Waals surface area contributed by atoms with Gasteiger partial charge >= 0.3 is 0 Å². The third-order valence-corrected chi connectivity index (χ3v) is 6.80. The minimum absolute atomic E-state index is 0.188. The number of benzene rings is 2. The van der Waals surface area contributed by atoms with Gasteiger partial charge in [-0.3, -0.25) is 9.59 Å². The van der Waals surface area contributed by atoms with E-state index in [2.05, 4.69) is 10.3 Å². The van der Waals surface area contributed by atoms with Crippen LogP contribution in [0.4, 0.5) is 5.69 Å². The molecule has 4 aromatic rings. The molecule has 0 bridgehead atoms. The van der Waals surface area contributed by atoms with Crippen molar-refractivity contribution < 1.29 is 9.59 Å². The van der Waals surface area contributed by atoms with Crippen LogP contribution in [0.15, 0.2) is 54.6 Å². The number of thiophene rings is 1. The third kappa shape index (κ3) is 4.03. The molecule has 0 spiro atoms. The molecule has 0 radical (unpaired) electrons. The number of aromatic nitrogens is 1. The fraction of sp³-hybridized carbons (Fsp3) is 0.0952. The van der Waals surface area contributed by atoms with E-state index in [4.69, 9.17) is 11.6 Å². The molecule has 0 unspecified atom stereocenters. The van der Waals surface area contributed by atoms with E-state index in [1.165, 1.54) is 16.2 Å². The Kier molecular flexibility index (Phi) is 5.36. The number of anilines is 1. The summed E-state index contributed by atoms with van der Waals surface area (Å²) in [6, 6.07) is 16.5. The number of carbonyl (C=O) groups is 2. The molecular weight excluding hydrogens is 426 g/mol. The van der Waals surface area contributed by atoms with E-state index in [0.29, 0.717) is 21.2 Å². The molecule has 0 aliphatic carbocycles. The Morgan fingerprint density at radius 3 is 2.55 bits per heavy atom. The van der Waals surface area contributed by atoms with Crippen molar-refractivity contribution in [2.45, 2.75) is 0 Å². The molecular formula is C21H16ClN3O2S2. The Morgan fingerprint density at radius 2 is 1.83 bits per heavy atom. The van der Waals surface area contributed by atoms with E-state index in [1.807, 2.05) is 30.3 Å². The highest BCUT2D eigenvalue weighted by molar-refractivity contribution is 7.26. The van der Waals surface area contributed by atoms with Gasteiger partial charge in [0, 0.05) is 19.8 Å². The van der Waals surface area contributed by atoms with Crippen LogP contribution in [0.3, 0.4) is 0 Å². The zero-order chi connectivity index (χ0) is 20.5. The fourth-order valence-corrected chi connectivity index (χ4v) is 4.94. The van der Waals surface area contributed by atoms with Gasteiger partial charge in [-0.15, -0.1) is 22.7 Å². The second-order valence-electron chi connectivity index (χ2n) is 6.50. The molecule has 0 aliphatic rings. The Bertz CT molecular complexity index is 1200. The highest BCUT2D eigenvalue weighted by Gasteiger charge is 2.16. The second-order valence-corrected chi connectivity index (χ2v) is 9.02. The highest BCUT2D eigenvalue weighted by atomic mass is 35.5. The van der Waals surface area contributed by atoms with Crippen molar-refractivity contribution in [3.8, 4) is 9.88 Å². The molecule has 29 heavy (non-hydrogen) atoms. The number of nitrogens with one attached hydrogen (secondary N) is 1. The maximum Gasteiger partial charge on any atom is 0.265 e. The third-order valence-electron chi connectivity index (χ3n) is 4.20. The van der Waals surface area contributed by atoms with Gasteiger partial charge in [0.2, 0.25) is 0 Å². The average molecular weight is 442 g/mol. The summed E-state index contributed by atoms with van der Waals surface area (Å²) in [6.45, 7) is 0. The first-order chi connectivity index (χ1) is 13.9. The lowest BCUT2D eigenvalue weighted by molar-refractivity contribution is 0.0827. The van der Waals surface area contributed by atoms with Crippen LogP contribution in [0.2, 0.25) is 5.02 Å². The zero-order valence-electron chi connectivity index (χ0n) is 15.6. The van der Waals surface area contributed by atoms with Crippen LogP contribution >= 0.6 is 34.3 Å². The standard InChI is InChI=1S/C21H16ClN3O2S2/c1-25(2)21(27)13-8-7-12(11-14(13)22)23-19(26)17-9-10-18(28-17)20-24-15-5-3-4-6-16(15)29-20/h3-11H,1-2H3,(H,23,26). The molecule has 0 saturated carbocycles. The van der Waals surface area contributed by atoms with Gasteiger partial charge in [0.15, 0.2) is 0 Å². The SMILES string of the molecule is CN(C)C(=O)c1ccc(NC(=O)c2ccc(-c3nc4ccccc4s3)s2)cc1Cl. The van der Waals surface area contributed by atoms with E-state index in [1.54, 1.807) is 49.7 Å². The quantitative estimate of drug-likeness (QED) is 0.446. The van der Waals surface area contributed by atoms with E-state index in [0.717, 1.165) is 20.1 Å². The van der Waals surface area contributed by atoms with Crippen molar-refractivity contribution >= 4 is 62.0 Å². The Balaban J connectivity index is 1.52. The van der Waals surface area contributed by atoms with Gasteiger partial charge in [-0.25, -0.2) is 4.98 Å². The number of carbonyl (C=O) groups excluding carboxylic acids is 2. The molecule has 5 nitrogen and oxygen atoms in total. The first-order valence-electron chi connectivity index (χ1n) is 8.71. The van der Waals surface area contributed by atoms with Gasteiger partial charge < -0.3 is 10.2 Å². The summed E-state index contributed by atoms with van der Waals surface area (Å²) in [7, 11) is 3.32. The summed E-state index contributed by atoms with van der Waals surface area (Å²) >= 11 is 9.21. The van der Waals surface area contributed by atoms with Crippen LogP contribution in [-0.2, 0) is 0 Å². The fourth-order valence-electron chi connectivity index (χ4n) is 2.75. The number of rotatable bonds is 4. The summed E-state index contributed by atoms with van der Waals surface area (Å²) in [6.07, 6.45) is 0. The van der Waals surface area contributed by atoms with Crippen molar-refractivity contribution in [2.24, 2.45) is 0 Å². The Labute approximate surface area is 180 Å². The van der Waals surface area contributed by atoms with Gasteiger partial charge in [0.05, 0.1) is 30.6 Å². The first-order valence-corrected chi connectivity index (χ1v) is 10.7. The summed E-state index contributed by atoms with van der Waals surface area (Å²) < 4.78 is 1.11. The van der Waals surface area contributed by atoms with Crippen molar-refractivity contribution in [1.29, 1.82) is 0 Å². The van der Waals surface area contributed by atoms with Gasteiger partial charge in [-0.05, 0) is 42.5 Å². The molecule has 4 rings (SSSR count). The monoisotopic (exact) mass is 441 g/mol. The van der Waals surface area contributed by atoms with Crippen LogP contribution in [0, 0.1) is 0 Å². The molecule has 2 aromatic heterocycles. The number of para-hydroxylation sites is 1. The van der Waals surface area contributed by atoms with Crippen LogP contribution in [-0.4, -0.2) is 35.8 Å². The first kappa shape index (κ1) is 19.6. The number of thiazole rings is 1. The molecule has 2 amide bonds. The maximum atomic E-state index is 12.6. The van der Waals surface area contributed by atoms with Crippen molar-refractivity contribution in [3.63, 3.8) is 0 Å². The van der Waals surface area contributed by atoms with Crippen LogP contribution in [0.25, 0.3) is 20.1 Å². The van der Waals surface area contributed by atoms with Gasteiger partial charge in [0.1, 0.15) is 5.01 Å². The predicted molar refractivity (Wildman–Crippen MR) is 120 cm³/mol. The summed E-state index contributed by atoms with van der Waals surface area (Å²) in [5.41, 5.74) is 1.88. The topological polar surface area (TPSA) is 62.3 Å². The van der Waals surface area contributed by atoms with E-state index in [9.17, 15) is 9.59 Å². The molecule has 146 valence electrons. The summed E-state index contributed by atoms with van der Waals surface area (Å²) in [4.78, 5) is 32.3. The number of fused-ring (bicyclic) bond motifs is 1. The second kappa shape index (κ2) is 7.94. The minimum Gasteiger partial charge on any atom is -0.345 e. The Morgan fingerprint density at radius 1 is 1.03 bits per heavy atom. The van der Waals surface area contributed by atoms with Crippen molar-refractivity contribution in [3.05, 3.63) is 70.1 Å². The maximum absolute atomic E-state index is 12.6. The van der Waals surface area contributed by atoms with Crippen LogP contribution < -0.4 is 5.32 Å². The highest BCUT2D eigenvalue weighted by Crippen LogP contribution is 2.34. The smallest absolute Gasteiger partial charge is 0.265 e. The number of hydrogen-bond donors (Lipinski definition) is 1. The zero-order valence-corrected chi connectivity index (χ0v) is 18.0. The molecule has 0 fully saturated rings. The van der Waals surface area contributed by atoms with Crippen molar-refractivity contribution in [1.82, 2.24) is 9.88 Å². The normalized spacial score (nSPS) is 10.9. The number of halogens is 1. The summed E-state index contributed by atoms with van der Waals surface area (Å²) in [5.74, 6) is -0.420. The molecule has 1 N–H and O–H groups in total. The van der Waals surface area contributed by atoms with E-state index >= 15 is 0 Å². The minimum atomic E-state index is -0.231. The number of hydrogen-bond acceptors (Lipinski definition) is 5. The van der Waals surface area contributed by atoms with Gasteiger partial charge in [-0.1, -0.05) is 23.7 Å². The lowest BCUT2D eigenvalue weighted by Gasteiger charge is -2.12. The molecule has 2 aromatic carbocycles. The number of amides is 2. The van der Waals surface area contributed by atoms with Gasteiger partial charge in [-0.2, -0.15) is 0 Å². The molecule has 0 saturated heterocycles. The largest absolute Gasteiger partial charge is 0.345 e. The molecule has 8 heteroatoms. The lowest BCUT2D eigenvalue weighted by atomic mass is 10.2. The van der Waals surface area contributed by atoms with E-state index < -0.39 is 0 Å². The molecule has 0 atom stereocenters. The van der Waals surface area contributed by atoms with Crippen molar-refractivity contribution in [2.75, 3.05) is 19.4 Å². The molecule has 2 heterocycles. The average Bonchev–Trinajstić information content (AvgIpc) is 3.34. The van der Waals surface area contributed by atoms with Gasteiger partial charge in [0.25, 0.3) is 11.8 Å². The predicted octanol–water partition coefficient (Wildman–Crippen LogP) is 5.63. The Hall–Kier alpha value is -2.74. The van der Waals surface area contributed by atoms with Crippen LogP contribution in [0.1, 0.15) is 20.0 Å².